The van der Waals surface area contributed by atoms with Crippen LogP contribution in [0.5, 0.6) is 0 Å². The van der Waals surface area contributed by atoms with Crippen LogP contribution < -0.4 is 0 Å². The van der Waals surface area contributed by atoms with Gasteiger partial charge in [-0.1, -0.05) is 12.1 Å². The first-order chi connectivity index (χ1) is 10.7. The number of rotatable bonds is 2. The second kappa shape index (κ2) is 5.33. The van der Waals surface area contributed by atoms with Gasteiger partial charge in [0, 0.05) is 35.8 Å². The molecular formula is C18H21N3S. The van der Waals surface area contributed by atoms with Crippen molar-refractivity contribution in [3.63, 3.8) is 0 Å². The molecule has 3 nitrogen and oxygen atoms in total. The summed E-state index contributed by atoms with van der Waals surface area (Å²) in [6.07, 6.45) is 5.12. The van der Waals surface area contributed by atoms with E-state index in [4.69, 9.17) is 5.26 Å². The Labute approximate surface area is 135 Å². The number of benzene rings is 1. The predicted molar refractivity (Wildman–Crippen MR) is 91.3 cm³/mol. The third kappa shape index (κ3) is 2.00. The van der Waals surface area contributed by atoms with E-state index in [1.165, 1.54) is 27.1 Å². The van der Waals surface area contributed by atoms with Crippen LogP contribution in [0.2, 0.25) is 0 Å². The number of aromatic amines is 1. The van der Waals surface area contributed by atoms with Gasteiger partial charge >= 0.3 is 0 Å². The first-order valence-electron chi connectivity index (χ1n) is 7.97. The Bertz CT molecular complexity index is 758. The van der Waals surface area contributed by atoms with E-state index >= 15 is 0 Å². The SMILES string of the molecule is CSc1[nH]c2cccc3c2c1C[C@@H]1[C@@H]3CC(CC#N)CN1C. The van der Waals surface area contributed by atoms with Crippen molar-refractivity contribution in [3.05, 3.63) is 29.3 Å². The molecule has 114 valence electrons. The van der Waals surface area contributed by atoms with Crippen LogP contribution in [0.3, 0.4) is 0 Å². The fourth-order valence-electron chi connectivity index (χ4n) is 4.56. The van der Waals surface area contributed by atoms with E-state index in [0.29, 0.717) is 24.3 Å². The molecule has 0 saturated carbocycles. The third-order valence-electron chi connectivity index (χ3n) is 5.48. The first-order valence-corrected chi connectivity index (χ1v) is 9.20. The largest absolute Gasteiger partial charge is 0.349 e. The zero-order valence-electron chi connectivity index (χ0n) is 13.1. The molecule has 1 N–H and O–H groups in total. The van der Waals surface area contributed by atoms with Gasteiger partial charge in [0.15, 0.2) is 0 Å². The average Bonchev–Trinajstić information content (AvgIpc) is 2.88. The van der Waals surface area contributed by atoms with Gasteiger partial charge in [-0.3, -0.25) is 0 Å². The molecule has 4 rings (SSSR count). The Morgan fingerprint density at radius 2 is 2.32 bits per heavy atom. The van der Waals surface area contributed by atoms with Gasteiger partial charge in [-0.15, -0.1) is 11.8 Å². The minimum absolute atomic E-state index is 0.506. The smallest absolute Gasteiger partial charge is 0.0763 e. The molecule has 1 aliphatic heterocycles. The first kappa shape index (κ1) is 14.2. The molecule has 2 heterocycles. The second-order valence-corrected chi connectivity index (χ2v) is 7.50. The van der Waals surface area contributed by atoms with Crippen LogP contribution in [0.25, 0.3) is 10.9 Å². The Morgan fingerprint density at radius 1 is 1.45 bits per heavy atom. The molecule has 0 amide bonds. The number of likely N-dealkylation sites (N-methyl/N-ethyl adjacent to an activating group) is 1. The van der Waals surface area contributed by atoms with Crippen molar-refractivity contribution in [1.29, 1.82) is 5.26 Å². The lowest BCUT2D eigenvalue weighted by Crippen LogP contribution is -2.47. The van der Waals surface area contributed by atoms with E-state index in [1.807, 2.05) is 11.8 Å². The fraction of sp³-hybridized carbons (Fsp3) is 0.500. The molecule has 1 saturated heterocycles. The minimum Gasteiger partial charge on any atom is -0.349 e. The van der Waals surface area contributed by atoms with Gasteiger partial charge < -0.3 is 9.88 Å². The van der Waals surface area contributed by atoms with E-state index in [-0.39, 0.29) is 0 Å². The Morgan fingerprint density at radius 3 is 3.09 bits per heavy atom. The van der Waals surface area contributed by atoms with E-state index < -0.39 is 0 Å². The summed E-state index contributed by atoms with van der Waals surface area (Å²) in [6.45, 7) is 1.05. The van der Waals surface area contributed by atoms with Gasteiger partial charge in [0.2, 0.25) is 0 Å². The molecule has 1 fully saturated rings. The van der Waals surface area contributed by atoms with Gasteiger partial charge in [-0.05, 0) is 49.3 Å². The van der Waals surface area contributed by atoms with Gasteiger partial charge in [-0.2, -0.15) is 5.26 Å². The third-order valence-corrected chi connectivity index (χ3v) is 6.24. The van der Waals surface area contributed by atoms with Crippen molar-refractivity contribution < 1.29 is 0 Å². The van der Waals surface area contributed by atoms with Gasteiger partial charge in [0.25, 0.3) is 0 Å². The van der Waals surface area contributed by atoms with Crippen molar-refractivity contribution in [1.82, 2.24) is 9.88 Å². The van der Waals surface area contributed by atoms with Crippen molar-refractivity contribution in [2.24, 2.45) is 5.92 Å². The molecule has 1 aromatic heterocycles. The zero-order valence-corrected chi connectivity index (χ0v) is 13.9. The average molecular weight is 311 g/mol. The summed E-state index contributed by atoms with van der Waals surface area (Å²) in [4.78, 5) is 6.09. The number of thioether (sulfide) groups is 1. The monoisotopic (exact) mass is 311 g/mol. The fourth-order valence-corrected chi connectivity index (χ4v) is 5.20. The summed E-state index contributed by atoms with van der Waals surface area (Å²) in [6, 6.07) is 9.64. The molecule has 0 spiro atoms. The number of nitrogens with one attached hydrogen (secondary N) is 1. The van der Waals surface area contributed by atoms with Crippen molar-refractivity contribution in [2.75, 3.05) is 19.8 Å². The number of nitriles is 1. The highest BCUT2D eigenvalue weighted by Crippen LogP contribution is 2.46. The highest BCUT2D eigenvalue weighted by atomic mass is 32.2. The van der Waals surface area contributed by atoms with Crippen LogP contribution in [-0.2, 0) is 6.42 Å². The number of aromatic nitrogens is 1. The van der Waals surface area contributed by atoms with Gasteiger partial charge in [0.1, 0.15) is 0 Å². The van der Waals surface area contributed by atoms with Crippen LogP contribution in [-0.4, -0.2) is 35.8 Å². The number of likely N-dealkylation sites (tertiary alicyclic amines) is 1. The molecule has 0 bridgehead atoms. The van der Waals surface area contributed by atoms with Crippen LogP contribution in [0, 0.1) is 17.2 Å². The summed E-state index contributed by atoms with van der Waals surface area (Å²) >= 11 is 1.82. The molecule has 0 radical (unpaired) electrons. The highest BCUT2D eigenvalue weighted by Gasteiger charge is 2.40. The Balaban J connectivity index is 1.84. The highest BCUT2D eigenvalue weighted by molar-refractivity contribution is 7.98. The normalized spacial score (nSPS) is 27.6. The van der Waals surface area contributed by atoms with Gasteiger partial charge in [0.05, 0.1) is 11.1 Å². The summed E-state index contributed by atoms with van der Waals surface area (Å²) in [5.74, 6) is 1.07. The number of hydrogen-bond acceptors (Lipinski definition) is 3. The predicted octanol–water partition coefficient (Wildman–Crippen LogP) is 3.76. The van der Waals surface area contributed by atoms with Crippen LogP contribution >= 0.6 is 11.8 Å². The summed E-state index contributed by atoms with van der Waals surface area (Å²) in [7, 11) is 2.23. The molecule has 4 heteroatoms. The van der Waals surface area contributed by atoms with E-state index in [1.54, 1.807) is 0 Å². The second-order valence-electron chi connectivity index (χ2n) is 6.69. The van der Waals surface area contributed by atoms with Crippen molar-refractivity contribution >= 4 is 22.7 Å². The number of fused-ring (bicyclic) bond motifs is 2. The van der Waals surface area contributed by atoms with E-state index in [0.717, 1.165) is 19.4 Å². The van der Waals surface area contributed by atoms with E-state index in [9.17, 15) is 0 Å². The lowest BCUT2D eigenvalue weighted by Gasteiger charge is -2.45. The number of nitrogens with zero attached hydrogens (tertiary/aromatic N) is 2. The molecule has 2 aromatic rings. The summed E-state index contributed by atoms with van der Waals surface area (Å²) in [5, 5.41) is 11.9. The zero-order chi connectivity index (χ0) is 15.3. The Hall–Kier alpha value is -1.44. The maximum atomic E-state index is 9.07. The quantitative estimate of drug-likeness (QED) is 0.859. The van der Waals surface area contributed by atoms with Crippen LogP contribution in [0.1, 0.15) is 29.9 Å². The topological polar surface area (TPSA) is 42.8 Å². The summed E-state index contributed by atoms with van der Waals surface area (Å²) < 4.78 is 0. The molecule has 1 aromatic carbocycles. The van der Waals surface area contributed by atoms with E-state index in [2.05, 4.69) is 47.5 Å². The lowest BCUT2D eigenvalue weighted by molar-refractivity contribution is 0.113. The van der Waals surface area contributed by atoms with Crippen LogP contribution in [0.4, 0.5) is 0 Å². The molecule has 1 aliphatic carbocycles. The van der Waals surface area contributed by atoms with Crippen LogP contribution in [0.15, 0.2) is 23.2 Å². The molecule has 2 aliphatic rings. The van der Waals surface area contributed by atoms with Gasteiger partial charge in [-0.25, -0.2) is 0 Å². The van der Waals surface area contributed by atoms with Crippen molar-refractivity contribution in [3.8, 4) is 6.07 Å². The number of H-pyrrole nitrogens is 1. The Kier molecular flexibility index (Phi) is 3.43. The maximum Gasteiger partial charge on any atom is 0.0763 e. The molecule has 22 heavy (non-hydrogen) atoms. The lowest BCUT2D eigenvalue weighted by atomic mass is 9.72. The molecular weight excluding hydrogens is 290 g/mol. The molecule has 1 unspecified atom stereocenters. The maximum absolute atomic E-state index is 9.07. The molecule has 3 atom stereocenters. The standard InChI is InChI=1S/C18H21N3S/c1-21-10-11(6-7-19)8-13-12-4-3-5-15-17(12)14(9-16(13)21)18(20-15)22-2/h3-5,11,13,16,20H,6,8-10H2,1-2H3/t11?,13-,16-/m1/s1. The number of piperidine rings is 1. The number of hydrogen-bond donors (Lipinski definition) is 1. The minimum atomic E-state index is 0.506. The van der Waals surface area contributed by atoms with Crippen molar-refractivity contribution in [2.45, 2.75) is 36.2 Å². The summed E-state index contributed by atoms with van der Waals surface area (Å²) in [5.41, 5.74) is 4.28.